The molecule has 30 heavy (non-hydrogen) atoms. The Labute approximate surface area is 174 Å². The molecule has 0 aliphatic carbocycles. The first-order chi connectivity index (χ1) is 14.2. The lowest BCUT2D eigenvalue weighted by molar-refractivity contribution is 0.561. The van der Waals surface area contributed by atoms with Crippen LogP contribution in [0.15, 0.2) is 34.5 Å². The largest absolute Gasteiger partial charge is 0.292 e. The molecule has 0 unspecified atom stereocenters. The van der Waals surface area contributed by atoms with Crippen LogP contribution in [0.5, 0.6) is 0 Å². The Balaban J connectivity index is 1.90. The Morgan fingerprint density at radius 2 is 1.73 bits per heavy atom. The van der Waals surface area contributed by atoms with E-state index in [2.05, 4.69) is 56.2 Å². The van der Waals surface area contributed by atoms with Crippen molar-refractivity contribution in [2.24, 2.45) is 10.2 Å². The Kier molecular flexibility index (Phi) is 4.50. The number of azo groups is 1. The molecule has 1 aromatic carbocycles. The van der Waals surface area contributed by atoms with Crippen molar-refractivity contribution >= 4 is 22.8 Å². The highest BCUT2D eigenvalue weighted by molar-refractivity contribution is 5.70. The fourth-order valence-corrected chi connectivity index (χ4v) is 3.23. The number of fused-ring (bicyclic) bond motifs is 1. The Morgan fingerprint density at radius 3 is 2.37 bits per heavy atom. The minimum atomic E-state index is -0.211. The minimum Gasteiger partial charge on any atom is -0.292 e. The number of aromatic nitrogens is 6. The van der Waals surface area contributed by atoms with Gasteiger partial charge in [-0.15, -0.1) is 20.4 Å². The monoisotopic (exact) mass is 401 g/mol. The Morgan fingerprint density at radius 1 is 1.03 bits per heavy atom. The van der Waals surface area contributed by atoms with Crippen LogP contribution in [0.1, 0.15) is 43.5 Å². The van der Waals surface area contributed by atoms with Gasteiger partial charge in [0.1, 0.15) is 5.82 Å². The van der Waals surface area contributed by atoms with E-state index in [-0.39, 0.29) is 5.41 Å². The van der Waals surface area contributed by atoms with E-state index in [1.807, 2.05) is 38.1 Å². The van der Waals surface area contributed by atoms with Gasteiger partial charge in [0.25, 0.3) is 5.69 Å². The Bertz CT molecular complexity index is 1300. The summed E-state index contributed by atoms with van der Waals surface area (Å²) in [6.45, 7) is 19.6. The van der Waals surface area contributed by atoms with Crippen LogP contribution >= 0.6 is 0 Å². The van der Waals surface area contributed by atoms with Crippen LogP contribution in [0.2, 0.25) is 0 Å². The van der Waals surface area contributed by atoms with E-state index in [1.165, 1.54) is 0 Å². The molecule has 0 aliphatic heterocycles. The Hall–Kier alpha value is -3.80. The third-order valence-electron chi connectivity index (χ3n) is 4.89. The molecule has 0 spiro atoms. The van der Waals surface area contributed by atoms with E-state index < -0.39 is 0 Å². The predicted octanol–water partition coefficient (Wildman–Crippen LogP) is 5.43. The number of H-pyrrole nitrogens is 1. The van der Waals surface area contributed by atoms with E-state index in [9.17, 15) is 0 Å². The molecule has 0 aliphatic rings. The van der Waals surface area contributed by atoms with Crippen molar-refractivity contribution in [1.29, 1.82) is 0 Å². The van der Waals surface area contributed by atoms with Crippen LogP contribution in [-0.2, 0) is 5.41 Å². The lowest BCUT2D eigenvalue weighted by Crippen LogP contribution is -2.12. The van der Waals surface area contributed by atoms with Crippen molar-refractivity contribution in [3.63, 3.8) is 0 Å². The van der Waals surface area contributed by atoms with Crippen molar-refractivity contribution in [3.8, 4) is 5.69 Å². The smallest absolute Gasteiger partial charge is 0.255 e. The van der Waals surface area contributed by atoms with Crippen LogP contribution in [0.25, 0.3) is 16.2 Å². The maximum Gasteiger partial charge on any atom is 0.255 e. The quantitative estimate of drug-likeness (QED) is 0.366. The van der Waals surface area contributed by atoms with Crippen LogP contribution < -0.4 is 0 Å². The van der Waals surface area contributed by atoms with E-state index in [0.717, 1.165) is 22.8 Å². The molecule has 0 saturated heterocycles. The molecule has 0 amide bonds. The number of nitrogens with zero attached hydrogens (tertiary/aromatic N) is 8. The summed E-state index contributed by atoms with van der Waals surface area (Å²) >= 11 is 0. The van der Waals surface area contributed by atoms with Crippen molar-refractivity contribution in [2.75, 3.05) is 0 Å². The van der Waals surface area contributed by atoms with Gasteiger partial charge in [0, 0.05) is 5.41 Å². The number of benzene rings is 1. The molecule has 0 fully saturated rings. The van der Waals surface area contributed by atoms with Gasteiger partial charge in [-0.05, 0) is 32.9 Å². The van der Waals surface area contributed by atoms with Gasteiger partial charge in [0.2, 0.25) is 5.65 Å². The zero-order valence-electron chi connectivity index (χ0n) is 17.9. The van der Waals surface area contributed by atoms with E-state index in [1.54, 1.807) is 16.1 Å². The summed E-state index contributed by atoms with van der Waals surface area (Å²) in [5.41, 5.74) is 4.83. The van der Waals surface area contributed by atoms with E-state index in [0.29, 0.717) is 28.5 Å². The SMILES string of the molecule is [C-]#[N+]c1c(C)nn(-c2ccc(C)cc2)c1N=Nc1c(C(C)(C)C)[nH]n2c(C)nnc12. The van der Waals surface area contributed by atoms with Gasteiger partial charge in [-0.2, -0.15) is 5.10 Å². The summed E-state index contributed by atoms with van der Waals surface area (Å²) < 4.78 is 3.45. The second kappa shape index (κ2) is 6.91. The highest BCUT2D eigenvalue weighted by atomic mass is 15.4. The van der Waals surface area contributed by atoms with Gasteiger partial charge < -0.3 is 0 Å². The van der Waals surface area contributed by atoms with Crippen molar-refractivity contribution in [3.05, 3.63) is 58.5 Å². The van der Waals surface area contributed by atoms with Gasteiger partial charge in [-0.3, -0.25) is 5.10 Å². The molecule has 3 aromatic heterocycles. The molecule has 9 nitrogen and oxygen atoms in total. The fraction of sp³-hybridized carbons (Fsp3) is 0.333. The van der Waals surface area contributed by atoms with E-state index >= 15 is 0 Å². The van der Waals surface area contributed by atoms with Gasteiger partial charge in [0.15, 0.2) is 11.5 Å². The average Bonchev–Trinajstić information content (AvgIpc) is 3.33. The molecule has 3 heterocycles. The molecule has 0 atom stereocenters. The first kappa shape index (κ1) is 19.5. The highest BCUT2D eigenvalue weighted by Crippen LogP contribution is 2.38. The molecular formula is C21H23N9. The third kappa shape index (κ3) is 3.16. The van der Waals surface area contributed by atoms with Crippen LogP contribution in [-0.4, -0.2) is 29.6 Å². The summed E-state index contributed by atoms with van der Waals surface area (Å²) in [7, 11) is 0. The minimum absolute atomic E-state index is 0.211. The topological polar surface area (TPSA) is 92.9 Å². The summed E-state index contributed by atoms with van der Waals surface area (Å²) in [5, 5.41) is 25.2. The zero-order chi connectivity index (χ0) is 21.6. The van der Waals surface area contributed by atoms with Crippen LogP contribution in [0, 0.1) is 27.3 Å². The zero-order valence-corrected chi connectivity index (χ0v) is 17.9. The summed E-state index contributed by atoms with van der Waals surface area (Å²) in [5.74, 6) is 1.13. The first-order valence-corrected chi connectivity index (χ1v) is 9.60. The van der Waals surface area contributed by atoms with Gasteiger partial charge >= 0.3 is 0 Å². The third-order valence-corrected chi connectivity index (χ3v) is 4.89. The summed E-state index contributed by atoms with van der Waals surface area (Å²) in [6.07, 6.45) is 0. The summed E-state index contributed by atoms with van der Waals surface area (Å²) in [6, 6.07) is 7.89. The number of hydrogen-bond acceptors (Lipinski definition) is 5. The number of aromatic amines is 1. The highest BCUT2D eigenvalue weighted by Gasteiger charge is 2.26. The second-order valence-corrected chi connectivity index (χ2v) is 8.31. The van der Waals surface area contributed by atoms with Gasteiger partial charge in [0.05, 0.1) is 23.6 Å². The normalized spacial score (nSPS) is 12.2. The fourth-order valence-electron chi connectivity index (χ4n) is 3.23. The number of rotatable bonds is 3. The van der Waals surface area contributed by atoms with Gasteiger partial charge in [-0.1, -0.05) is 38.5 Å². The standard InChI is InChI=1S/C21H23N9/c1-12-8-10-15(11-9-12)30-19(16(22-7)13(2)27-30)26-24-17-18(21(4,5)6)28-29-14(3)23-25-20(17)29/h8-11,28H,1-6H3. The van der Waals surface area contributed by atoms with Crippen LogP contribution in [0.4, 0.5) is 17.2 Å². The predicted molar refractivity (Wildman–Crippen MR) is 114 cm³/mol. The lowest BCUT2D eigenvalue weighted by Gasteiger charge is -2.16. The van der Waals surface area contributed by atoms with Crippen LogP contribution in [0.3, 0.4) is 0 Å². The first-order valence-electron chi connectivity index (χ1n) is 9.60. The molecular weight excluding hydrogens is 378 g/mol. The van der Waals surface area contributed by atoms with Crippen molar-refractivity contribution < 1.29 is 0 Å². The molecule has 4 aromatic rings. The van der Waals surface area contributed by atoms with Crippen molar-refractivity contribution in [1.82, 2.24) is 29.6 Å². The van der Waals surface area contributed by atoms with Crippen molar-refractivity contribution in [2.45, 2.75) is 47.0 Å². The molecule has 0 saturated carbocycles. The molecule has 0 radical (unpaired) electrons. The van der Waals surface area contributed by atoms with Gasteiger partial charge in [-0.25, -0.2) is 14.0 Å². The molecule has 152 valence electrons. The number of hydrogen-bond donors (Lipinski definition) is 1. The summed E-state index contributed by atoms with van der Waals surface area (Å²) in [4.78, 5) is 3.64. The van der Waals surface area contributed by atoms with E-state index in [4.69, 9.17) is 6.57 Å². The molecule has 1 N–H and O–H groups in total. The molecule has 4 rings (SSSR count). The molecule has 9 heteroatoms. The maximum absolute atomic E-state index is 7.60. The average molecular weight is 401 g/mol. The maximum atomic E-state index is 7.60. The number of nitrogens with one attached hydrogen (secondary N) is 1. The second-order valence-electron chi connectivity index (χ2n) is 8.31. The lowest BCUT2D eigenvalue weighted by atomic mass is 9.91. The number of aryl methyl sites for hydroxylation is 3. The molecule has 0 bridgehead atoms.